The van der Waals surface area contributed by atoms with Gasteiger partial charge in [0.1, 0.15) is 17.5 Å². The third kappa shape index (κ3) is 3.15. The lowest BCUT2D eigenvalue weighted by Gasteiger charge is -2.15. The number of pyridine rings is 1. The zero-order chi connectivity index (χ0) is 16.7. The van der Waals surface area contributed by atoms with Crippen LogP contribution in [0.3, 0.4) is 0 Å². The van der Waals surface area contributed by atoms with E-state index in [0.717, 1.165) is 18.8 Å². The second kappa shape index (κ2) is 5.84. The Balaban J connectivity index is 1.64. The predicted molar refractivity (Wildman–Crippen MR) is 88.1 cm³/mol. The van der Waals surface area contributed by atoms with Crippen LogP contribution < -0.4 is 4.74 Å². The number of hydrogen-bond acceptors (Lipinski definition) is 6. The molecule has 6 heteroatoms. The molecule has 1 saturated heterocycles. The Morgan fingerprint density at radius 3 is 2.67 bits per heavy atom. The van der Waals surface area contributed by atoms with Crippen molar-refractivity contribution in [3.63, 3.8) is 0 Å². The zero-order valence-corrected chi connectivity index (χ0v) is 14.4. The summed E-state index contributed by atoms with van der Waals surface area (Å²) in [6.07, 6.45) is 5.36. The molecule has 2 aliphatic rings. The molecule has 3 heterocycles. The van der Waals surface area contributed by atoms with E-state index >= 15 is 0 Å². The Labute approximate surface area is 141 Å². The molecular weight excluding hydrogens is 306 g/mol. The molecule has 128 valence electrons. The summed E-state index contributed by atoms with van der Waals surface area (Å²) >= 11 is 0. The van der Waals surface area contributed by atoms with Gasteiger partial charge in [-0.1, -0.05) is 25.9 Å². The van der Waals surface area contributed by atoms with Crippen molar-refractivity contribution in [2.24, 2.45) is 0 Å². The molecule has 0 bridgehead atoms. The van der Waals surface area contributed by atoms with Crippen LogP contribution in [-0.4, -0.2) is 34.4 Å². The maximum absolute atomic E-state index is 6.19. The summed E-state index contributed by atoms with van der Waals surface area (Å²) < 4.78 is 17.0. The molecule has 6 nitrogen and oxygen atoms in total. The maximum Gasteiger partial charge on any atom is 0.232 e. The molecule has 24 heavy (non-hydrogen) atoms. The summed E-state index contributed by atoms with van der Waals surface area (Å²) in [4.78, 5) is 9.04. The summed E-state index contributed by atoms with van der Waals surface area (Å²) in [7, 11) is 0. The number of nitrogens with zero attached hydrogens (tertiary/aromatic N) is 3. The van der Waals surface area contributed by atoms with Crippen LogP contribution in [0, 0.1) is 0 Å². The van der Waals surface area contributed by atoms with Crippen LogP contribution in [0.5, 0.6) is 5.75 Å². The van der Waals surface area contributed by atoms with Gasteiger partial charge in [-0.3, -0.25) is 4.98 Å². The molecule has 1 unspecified atom stereocenters. The van der Waals surface area contributed by atoms with Gasteiger partial charge in [-0.2, -0.15) is 4.98 Å². The molecule has 1 aliphatic heterocycles. The van der Waals surface area contributed by atoms with Gasteiger partial charge in [0, 0.05) is 29.7 Å². The highest BCUT2D eigenvalue weighted by atomic mass is 16.5. The summed E-state index contributed by atoms with van der Waals surface area (Å²) in [5.41, 5.74) is 1.69. The van der Waals surface area contributed by atoms with Crippen molar-refractivity contribution in [2.45, 2.75) is 57.5 Å². The largest absolute Gasteiger partial charge is 0.487 e. The van der Waals surface area contributed by atoms with E-state index in [2.05, 4.69) is 15.1 Å². The molecule has 1 atom stereocenters. The number of ether oxygens (including phenoxy) is 2. The first kappa shape index (κ1) is 15.6. The van der Waals surface area contributed by atoms with Gasteiger partial charge in [0.15, 0.2) is 0 Å². The standard InChI is InChI=1S/C18H23N3O3/c1-18(2,3)17-20-16(21-24-17)14-8-15(23-12-6-7-22-10-12)13(9-19-14)11-4-5-11/h8-9,11-12H,4-7,10H2,1-3H3. The molecule has 0 aromatic carbocycles. The minimum Gasteiger partial charge on any atom is -0.487 e. The second-order valence-electron chi connectivity index (χ2n) is 7.66. The van der Waals surface area contributed by atoms with E-state index < -0.39 is 0 Å². The van der Waals surface area contributed by atoms with Crippen molar-refractivity contribution in [1.29, 1.82) is 0 Å². The van der Waals surface area contributed by atoms with E-state index in [9.17, 15) is 0 Å². The smallest absolute Gasteiger partial charge is 0.232 e. The van der Waals surface area contributed by atoms with Gasteiger partial charge in [-0.25, -0.2) is 0 Å². The van der Waals surface area contributed by atoms with Crippen LogP contribution in [0.4, 0.5) is 0 Å². The fourth-order valence-electron chi connectivity index (χ4n) is 2.79. The van der Waals surface area contributed by atoms with Gasteiger partial charge in [-0.15, -0.1) is 0 Å². The molecule has 1 saturated carbocycles. The number of hydrogen-bond donors (Lipinski definition) is 0. The average molecular weight is 329 g/mol. The monoisotopic (exact) mass is 329 g/mol. The first-order chi connectivity index (χ1) is 11.5. The van der Waals surface area contributed by atoms with Gasteiger partial charge in [-0.05, 0) is 18.8 Å². The molecule has 1 aliphatic carbocycles. The minimum atomic E-state index is -0.181. The Morgan fingerprint density at radius 1 is 1.21 bits per heavy atom. The first-order valence-corrected chi connectivity index (χ1v) is 8.59. The van der Waals surface area contributed by atoms with Gasteiger partial charge >= 0.3 is 0 Å². The fraction of sp³-hybridized carbons (Fsp3) is 0.611. The van der Waals surface area contributed by atoms with Crippen molar-refractivity contribution in [2.75, 3.05) is 13.2 Å². The number of aromatic nitrogens is 3. The van der Waals surface area contributed by atoms with E-state index in [1.807, 2.05) is 33.0 Å². The molecule has 2 aromatic rings. The molecular formula is C18H23N3O3. The third-order valence-corrected chi connectivity index (χ3v) is 4.39. The van der Waals surface area contributed by atoms with Crippen molar-refractivity contribution in [3.8, 4) is 17.3 Å². The van der Waals surface area contributed by atoms with Gasteiger partial charge in [0.25, 0.3) is 0 Å². The van der Waals surface area contributed by atoms with Crippen molar-refractivity contribution in [1.82, 2.24) is 15.1 Å². The summed E-state index contributed by atoms with van der Waals surface area (Å²) in [5, 5.41) is 4.09. The topological polar surface area (TPSA) is 70.3 Å². The Kier molecular flexibility index (Phi) is 3.79. The number of rotatable bonds is 4. The quantitative estimate of drug-likeness (QED) is 0.855. The fourth-order valence-corrected chi connectivity index (χ4v) is 2.79. The Bertz CT molecular complexity index is 725. The van der Waals surface area contributed by atoms with E-state index in [0.29, 0.717) is 29.9 Å². The zero-order valence-electron chi connectivity index (χ0n) is 14.4. The average Bonchev–Trinajstić information content (AvgIpc) is 3.03. The van der Waals surface area contributed by atoms with Crippen molar-refractivity contribution < 1.29 is 14.0 Å². The normalized spacial score (nSPS) is 21.2. The van der Waals surface area contributed by atoms with Crippen molar-refractivity contribution >= 4 is 0 Å². The minimum absolute atomic E-state index is 0.119. The second-order valence-corrected chi connectivity index (χ2v) is 7.66. The van der Waals surface area contributed by atoms with Gasteiger partial charge < -0.3 is 14.0 Å². The van der Waals surface area contributed by atoms with Crippen LogP contribution in [-0.2, 0) is 10.2 Å². The highest BCUT2D eigenvalue weighted by Gasteiger charge is 2.30. The summed E-state index contributed by atoms with van der Waals surface area (Å²) in [5.74, 6) is 2.58. The molecule has 4 rings (SSSR count). The lowest BCUT2D eigenvalue weighted by Crippen LogP contribution is -2.16. The van der Waals surface area contributed by atoms with Gasteiger partial charge in [0.2, 0.25) is 11.7 Å². The highest BCUT2D eigenvalue weighted by Crippen LogP contribution is 2.45. The highest BCUT2D eigenvalue weighted by molar-refractivity contribution is 5.54. The lowest BCUT2D eigenvalue weighted by atomic mass is 9.97. The van der Waals surface area contributed by atoms with E-state index in [1.54, 1.807) is 0 Å². The van der Waals surface area contributed by atoms with Crippen LogP contribution in [0.25, 0.3) is 11.5 Å². The third-order valence-electron chi connectivity index (χ3n) is 4.39. The predicted octanol–water partition coefficient (Wildman–Crippen LogP) is 3.47. The van der Waals surface area contributed by atoms with Crippen LogP contribution >= 0.6 is 0 Å². The molecule has 2 fully saturated rings. The molecule has 0 N–H and O–H groups in total. The van der Waals surface area contributed by atoms with Crippen LogP contribution in [0.15, 0.2) is 16.8 Å². The Morgan fingerprint density at radius 2 is 2.04 bits per heavy atom. The SMILES string of the molecule is CC(C)(C)c1nc(-c2cc(OC3CCOC3)c(C3CC3)cn2)no1. The Hall–Kier alpha value is -1.95. The lowest BCUT2D eigenvalue weighted by molar-refractivity contribution is 0.140. The van der Waals surface area contributed by atoms with E-state index in [-0.39, 0.29) is 11.5 Å². The summed E-state index contributed by atoms with van der Waals surface area (Å²) in [6.45, 7) is 7.55. The van der Waals surface area contributed by atoms with Crippen molar-refractivity contribution in [3.05, 3.63) is 23.7 Å². The maximum atomic E-state index is 6.19. The molecule has 0 radical (unpaired) electrons. The summed E-state index contributed by atoms with van der Waals surface area (Å²) in [6, 6.07) is 1.95. The van der Waals surface area contributed by atoms with E-state index in [4.69, 9.17) is 14.0 Å². The van der Waals surface area contributed by atoms with Crippen LogP contribution in [0.1, 0.15) is 57.4 Å². The molecule has 0 amide bonds. The first-order valence-electron chi connectivity index (χ1n) is 8.59. The molecule has 2 aromatic heterocycles. The van der Waals surface area contributed by atoms with Gasteiger partial charge in [0.05, 0.1) is 13.2 Å². The molecule has 0 spiro atoms. The van der Waals surface area contributed by atoms with Crippen LogP contribution in [0.2, 0.25) is 0 Å². The van der Waals surface area contributed by atoms with E-state index in [1.165, 1.54) is 18.4 Å².